The van der Waals surface area contributed by atoms with Gasteiger partial charge in [-0.05, 0) is 18.9 Å². The highest BCUT2D eigenvalue weighted by atomic mass is 16.5. The third-order valence-electron chi connectivity index (χ3n) is 2.92. The van der Waals surface area contributed by atoms with Crippen LogP contribution in [0.1, 0.15) is 18.4 Å². The molecule has 18 heavy (non-hydrogen) atoms. The molecule has 1 aliphatic carbocycles. The molecule has 0 radical (unpaired) electrons. The van der Waals surface area contributed by atoms with Crippen LogP contribution in [0.2, 0.25) is 0 Å². The molecule has 1 saturated carbocycles. The van der Waals surface area contributed by atoms with E-state index in [1.807, 2.05) is 24.3 Å². The zero-order valence-corrected chi connectivity index (χ0v) is 10.8. The molecule has 1 aromatic rings. The fraction of sp³-hybridized carbons (Fsp3) is 0.571. The minimum atomic E-state index is -0.584. The van der Waals surface area contributed by atoms with Gasteiger partial charge in [-0.15, -0.1) is 0 Å². The molecule has 0 aliphatic heterocycles. The number of para-hydroxylation sites is 1. The third kappa shape index (κ3) is 4.29. The van der Waals surface area contributed by atoms with Gasteiger partial charge in [-0.25, -0.2) is 0 Å². The lowest BCUT2D eigenvalue weighted by Gasteiger charge is -2.14. The Kier molecular flexibility index (Phi) is 4.99. The summed E-state index contributed by atoms with van der Waals surface area (Å²) in [6.07, 6.45) is 1.96. The summed E-state index contributed by atoms with van der Waals surface area (Å²) in [7, 11) is 1.57. The molecule has 2 rings (SSSR count). The van der Waals surface area contributed by atoms with Crippen LogP contribution in [-0.2, 0) is 11.3 Å². The highest BCUT2D eigenvalue weighted by Crippen LogP contribution is 2.22. The van der Waals surface area contributed by atoms with Gasteiger partial charge in [-0.3, -0.25) is 0 Å². The van der Waals surface area contributed by atoms with Crippen LogP contribution in [0, 0.1) is 0 Å². The first-order valence-electron chi connectivity index (χ1n) is 6.40. The highest BCUT2D eigenvalue weighted by molar-refractivity contribution is 5.33. The molecule has 2 N–H and O–H groups in total. The number of ether oxygens (including phenoxy) is 2. The van der Waals surface area contributed by atoms with Gasteiger partial charge in [0.05, 0.1) is 6.61 Å². The molecule has 1 atom stereocenters. The number of aliphatic hydroxyl groups excluding tert-OH is 1. The van der Waals surface area contributed by atoms with Crippen molar-refractivity contribution in [2.45, 2.75) is 31.5 Å². The molecule has 0 heterocycles. The average molecular weight is 251 g/mol. The van der Waals surface area contributed by atoms with E-state index in [-0.39, 0.29) is 6.61 Å². The first-order valence-corrected chi connectivity index (χ1v) is 6.40. The normalized spacial score (nSPS) is 16.6. The van der Waals surface area contributed by atoms with Crippen molar-refractivity contribution in [1.82, 2.24) is 5.32 Å². The lowest BCUT2D eigenvalue weighted by molar-refractivity contribution is 0.0323. The number of aliphatic hydroxyl groups is 1. The maximum absolute atomic E-state index is 9.56. The second kappa shape index (κ2) is 6.73. The zero-order chi connectivity index (χ0) is 12.8. The maximum Gasteiger partial charge on any atom is 0.123 e. The molecule has 1 aromatic carbocycles. The summed E-state index contributed by atoms with van der Waals surface area (Å²) in [4.78, 5) is 0. The van der Waals surface area contributed by atoms with E-state index in [9.17, 15) is 5.11 Å². The molecule has 4 nitrogen and oxygen atoms in total. The second-order valence-corrected chi connectivity index (χ2v) is 4.68. The van der Waals surface area contributed by atoms with Crippen molar-refractivity contribution in [2.24, 2.45) is 0 Å². The number of hydrogen-bond acceptors (Lipinski definition) is 4. The summed E-state index contributed by atoms with van der Waals surface area (Å²) in [5.41, 5.74) is 1.13. The summed E-state index contributed by atoms with van der Waals surface area (Å²) in [5.74, 6) is 0.834. The summed E-state index contributed by atoms with van der Waals surface area (Å²) in [6, 6.07) is 8.61. The van der Waals surface area contributed by atoms with Crippen LogP contribution in [0.15, 0.2) is 24.3 Å². The lowest BCUT2D eigenvalue weighted by atomic mass is 10.2. The van der Waals surface area contributed by atoms with Crippen LogP contribution in [-0.4, -0.2) is 37.6 Å². The molecule has 1 unspecified atom stereocenters. The van der Waals surface area contributed by atoms with Gasteiger partial charge in [0, 0.05) is 25.3 Å². The lowest BCUT2D eigenvalue weighted by Crippen LogP contribution is -2.23. The van der Waals surface area contributed by atoms with Crippen molar-refractivity contribution in [2.75, 3.05) is 20.3 Å². The Morgan fingerprint density at radius 1 is 1.33 bits per heavy atom. The summed E-state index contributed by atoms with van der Waals surface area (Å²) in [5, 5.41) is 13.0. The van der Waals surface area contributed by atoms with Gasteiger partial charge in [-0.1, -0.05) is 18.2 Å². The van der Waals surface area contributed by atoms with Crippen molar-refractivity contribution in [3.63, 3.8) is 0 Å². The minimum Gasteiger partial charge on any atom is -0.490 e. The molecule has 0 amide bonds. The van der Waals surface area contributed by atoms with Crippen molar-refractivity contribution in [3.05, 3.63) is 29.8 Å². The molecule has 0 aromatic heterocycles. The Morgan fingerprint density at radius 2 is 2.11 bits per heavy atom. The third-order valence-corrected chi connectivity index (χ3v) is 2.92. The molecule has 0 spiro atoms. The predicted molar refractivity (Wildman–Crippen MR) is 69.7 cm³/mol. The topological polar surface area (TPSA) is 50.7 Å². The van der Waals surface area contributed by atoms with E-state index in [4.69, 9.17) is 9.47 Å². The summed E-state index contributed by atoms with van der Waals surface area (Å²) in [6.45, 7) is 1.37. The van der Waals surface area contributed by atoms with Crippen LogP contribution in [0.25, 0.3) is 0 Å². The number of benzene rings is 1. The number of rotatable bonds is 8. The van der Waals surface area contributed by atoms with E-state index in [1.54, 1.807) is 7.11 Å². The Balaban J connectivity index is 1.85. The first-order chi connectivity index (χ1) is 8.79. The van der Waals surface area contributed by atoms with Gasteiger partial charge in [0.15, 0.2) is 0 Å². The highest BCUT2D eigenvalue weighted by Gasteiger charge is 2.20. The number of methoxy groups -OCH3 is 1. The number of hydrogen-bond donors (Lipinski definition) is 2. The quantitative estimate of drug-likeness (QED) is 0.732. The van der Waals surface area contributed by atoms with Gasteiger partial charge in [0.1, 0.15) is 18.5 Å². The molecule has 100 valence electrons. The first kappa shape index (κ1) is 13.3. The van der Waals surface area contributed by atoms with E-state index in [1.165, 1.54) is 12.8 Å². The molecule has 0 saturated heterocycles. The summed E-state index contributed by atoms with van der Waals surface area (Å²) < 4.78 is 10.5. The monoisotopic (exact) mass is 251 g/mol. The van der Waals surface area contributed by atoms with Crippen molar-refractivity contribution < 1.29 is 14.6 Å². The molecular formula is C14H21NO3. The fourth-order valence-electron chi connectivity index (χ4n) is 1.76. The van der Waals surface area contributed by atoms with Gasteiger partial charge in [-0.2, -0.15) is 0 Å². The molecule has 1 aliphatic rings. The van der Waals surface area contributed by atoms with Crippen LogP contribution in [0.3, 0.4) is 0 Å². The molecular weight excluding hydrogens is 230 g/mol. The Morgan fingerprint density at radius 3 is 2.83 bits per heavy atom. The van der Waals surface area contributed by atoms with E-state index in [2.05, 4.69) is 5.32 Å². The van der Waals surface area contributed by atoms with Gasteiger partial charge in [0.25, 0.3) is 0 Å². The van der Waals surface area contributed by atoms with Gasteiger partial charge >= 0.3 is 0 Å². The predicted octanol–water partition coefficient (Wildman–Crippen LogP) is 1.32. The zero-order valence-electron chi connectivity index (χ0n) is 10.8. The van der Waals surface area contributed by atoms with Crippen LogP contribution >= 0.6 is 0 Å². The maximum atomic E-state index is 9.56. The van der Waals surface area contributed by atoms with E-state index >= 15 is 0 Å². The van der Waals surface area contributed by atoms with E-state index in [0.717, 1.165) is 17.9 Å². The molecule has 1 fully saturated rings. The SMILES string of the molecule is COCC(O)COc1ccccc1CNC1CC1. The Hall–Kier alpha value is -1.10. The average Bonchev–Trinajstić information content (AvgIpc) is 3.19. The summed E-state index contributed by atoms with van der Waals surface area (Å²) >= 11 is 0. The fourth-order valence-corrected chi connectivity index (χ4v) is 1.76. The Labute approximate surface area is 108 Å². The van der Waals surface area contributed by atoms with Crippen LogP contribution < -0.4 is 10.1 Å². The van der Waals surface area contributed by atoms with E-state index < -0.39 is 6.10 Å². The second-order valence-electron chi connectivity index (χ2n) is 4.68. The number of nitrogens with one attached hydrogen (secondary N) is 1. The molecule has 0 bridgehead atoms. The smallest absolute Gasteiger partial charge is 0.123 e. The molecule has 4 heteroatoms. The van der Waals surface area contributed by atoms with Crippen LogP contribution in [0.5, 0.6) is 5.75 Å². The van der Waals surface area contributed by atoms with Crippen molar-refractivity contribution >= 4 is 0 Å². The van der Waals surface area contributed by atoms with E-state index in [0.29, 0.717) is 12.6 Å². The van der Waals surface area contributed by atoms with Crippen LogP contribution in [0.4, 0.5) is 0 Å². The van der Waals surface area contributed by atoms with Gasteiger partial charge in [0.2, 0.25) is 0 Å². The Bertz CT molecular complexity index is 366. The van der Waals surface area contributed by atoms with Crippen molar-refractivity contribution in [3.8, 4) is 5.75 Å². The minimum absolute atomic E-state index is 0.258. The largest absolute Gasteiger partial charge is 0.490 e. The van der Waals surface area contributed by atoms with Crippen molar-refractivity contribution in [1.29, 1.82) is 0 Å². The van der Waals surface area contributed by atoms with Gasteiger partial charge < -0.3 is 19.9 Å². The standard InChI is InChI=1S/C14H21NO3/c1-17-9-13(16)10-18-14-5-3-2-4-11(14)8-15-12-6-7-12/h2-5,12-13,15-16H,6-10H2,1H3.